The Labute approximate surface area is 169 Å². The first-order valence-corrected chi connectivity index (χ1v) is 10.4. The van der Waals surface area contributed by atoms with Crippen LogP contribution in [0.5, 0.6) is 0 Å². The van der Waals surface area contributed by atoms with Crippen molar-refractivity contribution in [3.63, 3.8) is 0 Å². The van der Waals surface area contributed by atoms with Gasteiger partial charge in [0.1, 0.15) is 0 Å². The van der Waals surface area contributed by atoms with E-state index in [4.69, 9.17) is 0 Å². The van der Waals surface area contributed by atoms with Crippen LogP contribution in [-0.4, -0.2) is 26.6 Å². The van der Waals surface area contributed by atoms with E-state index in [1.165, 1.54) is 0 Å². The lowest BCUT2D eigenvalue weighted by atomic mass is 9.93. The fourth-order valence-electron chi connectivity index (χ4n) is 3.13. The third kappa shape index (κ3) is 4.35. The van der Waals surface area contributed by atoms with Crippen molar-refractivity contribution in [1.29, 1.82) is 0 Å². The number of fused-ring (bicyclic) bond motifs is 1. The van der Waals surface area contributed by atoms with Gasteiger partial charge >= 0.3 is 5.69 Å². The SMILES string of the molecule is Cn1c(=O)n(C)c2cc(CCC(=O)NCCc3nc(C(C)(C)C)cs3)ccc21. The van der Waals surface area contributed by atoms with Gasteiger partial charge in [-0.3, -0.25) is 13.9 Å². The highest BCUT2D eigenvalue weighted by atomic mass is 32.1. The highest BCUT2D eigenvalue weighted by molar-refractivity contribution is 7.09. The summed E-state index contributed by atoms with van der Waals surface area (Å²) >= 11 is 1.65. The molecule has 7 heteroatoms. The summed E-state index contributed by atoms with van der Waals surface area (Å²) in [5.41, 5.74) is 3.97. The first-order valence-electron chi connectivity index (χ1n) is 9.53. The molecule has 1 aromatic carbocycles. The Balaban J connectivity index is 1.50. The van der Waals surface area contributed by atoms with Gasteiger partial charge in [0.2, 0.25) is 5.91 Å². The average molecular weight is 401 g/mol. The quantitative estimate of drug-likeness (QED) is 0.692. The second-order valence-electron chi connectivity index (χ2n) is 8.20. The summed E-state index contributed by atoms with van der Waals surface area (Å²) in [6.45, 7) is 7.05. The lowest BCUT2D eigenvalue weighted by Crippen LogP contribution is -2.25. The molecule has 0 aliphatic heterocycles. The molecule has 3 aromatic rings. The minimum Gasteiger partial charge on any atom is -0.356 e. The molecule has 0 atom stereocenters. The molecule has 0 spiro atoms. The van der Waals surface area contributed by atoms with E-state index in [1.807, 2.05) is 18.2 Å². The smallest absolute Gasteiger partial charge is 0.328 e. The molecule has 0 aliphatic rings. The van der Waals surface area contributed by atoms with E-state index < -0.39 is 0 Å². The van der Waals surface area contributed by atoms with Crippen LogP contribution in [0.4, 0.5) is 0 Å². The Morgan fingerprint density at radius 1 is 1.14 bits per heavy atom. The lowest BCUT2D eigenvalue weighted by Gasteiger charge is -2.14. The second-order valence-corrected chi connectivity index (χ2v) is 9.14. The summed E-state index contributed by atoms with van der Waals surface area (Å²) in [4.78, 5) is 28.8. The number of hydrogen-bond acceptors (Lipinski definition) is 4. The number of carbonyl (C=O) groups excluding carboxylic acids is 1. The van der Waals surface area contributed by atoms with E-state index >= 15 is 0 Å². The molecule has 0 unspecified atom stereocenters. The van der Waals surface area contributed by atoms with Gasteiger partial charge in [0.15, 0.2) is 0 Å². The van der Waals surface area contributed by atoms with Crippen molar-refractivity contribution in [2.45, 2.75) is 45.4 Å². The summed E-state index contributed by atoms with van der Waals surface area (Å²) < 4.78 is 3.27. The van der Waals surface area contributed by atoms with Crippen molar-refractivity contribution in [3.8, 4) is 0 Å². The first-order chi connectivity index (χ1) is 13.2. The van der Waals surface area contributed by atoms with Gasteiger partial charge in [0.25, 0.3) is 0 Å². The molecule has 1 N–H and O–H groups in total. The summed E-state index contributed by atoms with van der Waals surface area (Å²) in [5, 5.41) is 6.14. The number of carbonyl (C=O) groups is 1. The van der Waals surface area contributed by atoms with Crippen molar-refractivity contribution in [2.75, 3.05) is 6.54 Å². The van der Waals surface area contributed by atoms with Crippen molar-refractivity contribution in [1.82, 2.24) is 19.4 Å². The van der Waals surface area contributed by atoms with Crippen LogP contribution in [0.3, 0.4) is 0 Å². The van der Waals surface area contributed by atoms with Gasteiger partial charge in [-0.2, -0.15) is 0 Å². The second kappa shape index (κ2) is 7.91. The number of amides is 1. The zero-order valence-corrected chi connectivity index (χ0v) is 18.0. The number of imidazole rings is 1. The Kier molecular flexibility index (Phi) is 5.74. The number of thiazole rings is 1. The Morgan fingerprint density at radius 2 is 1.86 bits per heavy atom. The molecule has 28 heavy (non-hydrogen) atoms. The van der Waals surface area contributed by atoms with Crippen LogP contribution in [0.25, 0.3) is 11.0 Å². The first kappa shape index (κ1) is 20.3. The van der Waals surface area contributed by atoms with Gasteiger partial charge in [-0.25, -0.2) is 9.78 Å². The highest BCUT2D eigenvalue weighted by Gasteiger charge is 2.17. The molecular weight excluding hydrogens is 372 g/mol. The number of rotatable bonds is 6. The normalized spacial score (nSPS) is 11.9. The molecule has 1 amide bonds. The minimum absolute atomic E-state index is 0.0367. The maximum atomic E-state index is 12.2. The van der Waals surface area contributed by atoms with Crippen molar-refractivity contribution < 1.29 is 4.79 Å². The van der Waals surface area contributed by atoms with Crippen molar-refractivity contribution in [3.05, 3.63) is 50.3 Å². The monoisotopic (exact) mass is 400 g/mol. The number of aryl methyl sites for hydroxylation is 3. The van der Waals surface area contributed by atoms with Crippen LogP contribution in [0, 0.1) is 0 Å². The molecule has 2 heterocycles. The van der Waals surface area contributed by atoms with Gasteiger partial charge in [-0.15, -0.1) is 11.3 Å². The van der Waals surface area contributed by atoms with Crippen LogP contribution < -0.4 is 11.0 Å². The van der Waals surface area contributed by atoms with Gasteiger partial charge in [0.05, 0.1) is 21.7 Å². The van der Waals surface area contributed by atoms with Gasteiger partial charge in [-0.1, -0.05) is 26.8 Å². The van der Waals surface area contributed by atoms with E-state index in [2.05, 4.69) is 36.5 Å². The molecule has 150 valence electrons. The van der Waals surface area contributed by atoms with Gasteiger partial charge < -0.3 is 5.32 Å². The van der Waals surface area contributed by atoms with Gasteiger partial charge in [0, 0.05) is 44.3 Å². The molecule has 0 radical (unpaired) electrons. The molecule has 0 fully saturated rings. The molecule has 3 rings (SSSR count). The summed E-state index contributed by atoms with van der Waals surface area (Å²) in [7, 11) is 3.54. The number of nitrogens with zero attached hydrogens (tertiary/aromatic N) is 3. The zero-order valence-electron chi connectivity index (χ0n) is 17.2. The predicted molar refractivity (Wildman–Crippen MR) is 114 cm³/mol. The molecule has 2 aromatic heterocycles. The van der Waals surface area contributed by atoms with Crippen molar-refractivity contribution >= 4 is 28.3 Å². The fraction of sp³-hybridized carbons (Fsp3) is 0.476. The van der Waals surface area contributed by atoms with Gasteiger partial charge in [-0.05, 0) is 24.1 Å². The third-order valence-corrected chi connectivity index (χ3v) is 5.87. The standard InChI is InChI=1S/C21H28N4O2S/c1-21(2,3)17-13-28-19(23-17)10-11-22-18(26)9-7-14-6-8-15-16(12-14)25(5)20(27)24(15)4/h6,8,12-13H,7,9-11H2,1-5H3,(H,22,26). The number of hydrogen-bond donors (Lipinski definition) is 1. The lowest BCUT2D eigenvalue weighted by molar-refractivity contribution is -0.121. The molecule has 0 bridgehead atoms. The highest BCUT2D eigenvalue weighted by Crippen LogP contribution is 2.23. The summed E-state index contributed by atoms with van der Waals surface area (Å²) in [5.74, 6) is 0.0367. The number of aromatic nitrogens is 3. The molecule has 0 saturated heterocycles. The molecule has 6 nitrogen and oxygen atoms in total. The van der Waals surface area contributed by atoms with E-state index in [-0.39, 0.29) is 17.0 Å². The Morgan fingerprint density at radius 3 is 2.54 bits per heavy atom. The van der Waals surface area contributed by atoms with Crippen molar-refractivity contribution in [2.24, 2.45) is 14.1 Å². The molecule has 0 aliphatic carbocycles. The van der Waals surface area contributed by atoms with E-state index in [0.717, 1.165) is 33.7 Å². The maximum Gasteiger partial charge on any atom is 0.328 e. The predicted octanol–water partition coefficient (Wildman–Crippen LogP) is 2.92. The number of nitrogens with one attached hydrogen (secondary N) is 1. The van der Waals surface area contributed by atoms with E-state index in [1.54, 1.807) is 34.6 Å². The largest absolute Gasteiger partial charge is 0.356 e. The van der Waals surface area contributed by atoms with Crippen LogP contribution in [0.2, 0.25) is 0 Å². The van der Waals surface area contributed by atoms with Crippen LogP contribution >= 0.6 is 11.3 Å². The third-order valence-electron chi connectivity index (χ3n) is 4.96. The zero-order chi connectivity index (χ0) is 20.5. The maximum absolute atomic E-state index is 12.2. The van der Waals surface area contributed by atoms with E-state index in [9.17, 15) is 9.59 Å². The van der Waals surface area contributed by atoms with Crippen LogP contribution in [0.15, 0.2) is 28.4 Å². The van der Waals surface area contributed by atoms with Crippen LogP contribution in [0.1, 0.15) is 43.5 Å². The summed E-state index contributed by atoms with van der Waals surface area (Å²) in [6, 6.07) is 5.92. The topological polar surface area (TPSA) is 68.9 Å². The Bertz CT molecular complexity index is 1050. The fourth-order valence-corrected chi connectivity index (χ4v) is 4.16. The minimum atomic E-state index is -0.0401. The Hall–Kier alpha value is -2.41. The average Bonchev–Trinajstić information content (AvgIpc) is 3.20. The van der Waals surface area contributed by atoms with Crippen LogP contribution in [-0.2, 0) is 37.1 Å². The number of benzene rings is 1. The van der Waals surface area contributed by atoms with E-state index in [0.29, 0.717) is 19.4 Å². The summed E-state index contributed by atoms with van der Waals surface area (Å²) in [6.07, 6.45) is 1.83. The molecular formula is C21H28N4O2S. The molecule has 0 saturated carbocycles.